The normalized spacial score (nSPS) is 13.5. The first-order valence-electron chi connectivity index (χ1n) is 4.75. The van der Waals surface area contributed by atoms with Gasteiger partial charge in [0.25, 0.3) is 20.2 Å². The van der Waals surface area contributed by atoms with Crippen molar-refractivity contribution in [2.75, 3.05) is 0 Å². The van der Waals surface area contributed by atoms with E-state index >= 15 is 0 Å². The predicted octanol–water partition coefficient (Wildman–Crippen LogP) is 1.60. The molecular formula is C10H13FO6S2. The van der Waals surface area contributed by atoms with E-state index in [9.17, 15) is 21.2 Å². The fraction of sp³-hybridized carbons (Fsp3) is 0.200. The minimum Gasteiger partial charge on any atom is -0.284 e. The van der Waals surface area contributed by atoms with Crippen molar-refractivity contribution in [3.05, 3.63) is 49.1 Å². The van der Waals surface area contributed by atoms with Gasteiger partial charge in [0.2, 0.25) is 4.58 Å². The van der Waals surface area contributed by atoms with Crippen LogP contribution in [0.5, 0.6) is 0 Å². The standard InChI is InChI=1S/C8H9FO6S2.C2H4/c9-7(6-4-2-1-3-5-6)8(16(10,11)12)17(13,14)15;1-2/h1-5,7-8H,(H,10,11,12)(H,13,14,15);1-2H2. The number of alkyl halides is 1. The molecule has 0 saturated carbocycles. The Morgan fingerprint density at radius 2 is 1.32 bits per heavy atom. The van der Waals surface area contributed by atoms with Gasteiger partial charge in [-0.25, -0.2) is 4.39 Å². The van der Waals surface area contributed by atoms with Crippen LogP contribution >= 0.6 is 0 Å². The molecule has 0 amide bonds. The number of hydrogen-bond acceptors (Lipinski definition) is 4. The van der Waals surface area contributed by atoms with Crippen molar-refractivity contribution >= 4 is 20.2 Å². The Hall–Kier alpha value is -1.29. The third-order valence-corrected chi connectivity index (χ3v) is 5.06. The molecule has 0 aliphatic heterocycles. The second-order valence-corrected chi connectivity index (χ2v) is 6.58. The van der Waals surface area contributed by atoms with Crippen molar-refractivity contribution in [3.63, 3.8) is 0 Å². The number of halogens is 1. The van der Waals surface area contributed by atoms with E-state index in [1.165, 1.54) is 18.2 Å². The van der Waals surface area contributed by atoms with Crippen LogP contribution in [0.3, 0.4) is 0 Å². The van der Waals surface area contributed by atoms with Crippen LogP contribution in [-0.4, -0.2) is 30.5 Å². The largest absolute Gasteiger partial charge is 0.288 e. The molecule has 108 valence electrons. The van der Waals surface area contributed by atoms with Crippen molar-refractivity contribution in [2.45, 2.75) is 10.8 Å². The van der Waals surface area contributed by atoms with Crippen LogP contribution < -0.4 is 0 Å². The maximum absolute atomic E-state index is 13.7. The Morgan fingerprint density at radius 1 is 0.947 bits per heavy atom. The zero-order valence-electron chi connectivity index (χ0n) is 9.68. The first kappa shape index (κ1) is 17.7. The summed E-state index contributed by atoms with van der Waals surface area (Å²) >= 11 is 0. The molecule has 1 rings (SSSR count). The molecule has 9 heteroatoms. The van der Waals surface area contributed by atoms with E-state index in [1.807, 2.05) is 0 Å². The molecule has 0 bridgehead atoms. The summed E-state index contributed by atoms with van der Waals surface area (Å²) in [7, 11) is -10.6. The van der Waals surface area contributed by atoms with Crippen molar-refractivity contribution in [1.29, 1.82) is 0 Å². The lowest BCUT2D eigenvalue weighted by atomic mass is 10.1. The van der Waals surface area contributed by atoms with Gasteiger partial charge in [0.15, 0.2) is 6.17 Å². The Labute approximate surface area is 111 Å². The summed E-state index contributed by atoms with van der Waals surface area (Å²) in [6.07, 6.45) is -2.58. The molecule has 0 saturated heterocycles. The maximum atomic E-state index is 13.7. The summed E-state index contributed by atoms with van der Waals surface area (Å²) in [5, 5.41) is 0. The lowest BCUT2D eigenvalue weighted by Crippen LogP contribution is -2.33. The Morgan fingerprint density at radius 3 is 1.63 bits per heavy atom. The highest BCUT2D eigenvalue weighted by atomic mass is 32.3. The highest BCUT2D eigenvalue weighted by Crippen LogP contribution is 2.28. The zero-order valence-corrected chi connectivity index (χ0v) is 11.3. The minimum atomic E-state index is -5.28. The van der Waals surface area contributed by atoms with E-state index in [1.54, 1.807) is 0 Å². The van der Waals surface area contributed by atoms with Gasteiger partial charge in [-0.2, -0.15) is 16.8 Å². The molecule has 1 aromatic rings. The summed E-state index contributed by atoms with van der Waals surface area (Å²) < 4.78 is 71.1. The van der Waals surface area contributed by atoms with Crippen LogP contribution in [0.4, 0.5) is 4.39 Å². The van der Waals surface area contributed by atoms with Gasteiger partial charge in [0.1, 0.15) is 0 Å². The van der Waals surface area contributed by atoms with Gasteiger partial charge in [-0.3, -0.25) is 9.11 Å². The summed E-state index contributed by atoms with van der Waals surface area (Å²) in [6, 6.07) is 6.48. The summed E-state index contributed by atoms with van der Waals surface area (Å²) in [6.45, 7) is 6.00. The van der Waals surface area contributed by atoms with Gasteiger partial charge >= 0.3 is 0 Å². The fourth-order valence-electron chi connectivity index (χ4n) is 1.25. The second-order valence-electron chi connectivity index (χ2n) is 3.21. The molecule has 0 fully saturated rings. The first-order valence-corrected chi connectivity index (χ1v) is 7.76. The third kappa shape index (κ3) is 5.07. The lowest BCUT2D eigenvalue weighted by Gasteiger charge is -2.15. The van der Waals surface area contributed by atoms with Crippen LogP contribution in [0, 0.1) is 0 Å². The van der Waals surface area contributed by atoms with Gasteiger partial charge in [0.05, 0.1) is 0 Å². The number of benzene rings is 1. The highest BCUT2D eigenvalue weighted by Gasteiger charge is 2.44. The molecule has 1 unspecified atom stereocenters. The minimum absolute atomic E-state index is 0.284. The lowest BCUT2D eigenvalue weighted by molar-refractivity contribution is 0.333. The van der Waals surface area contributed by atoms with Gasteiger partial charge in [-0.15, -0.1) is 13.2 Å². The van der Waals surface area contributed by atoms with E-state index in [2.05, 4.69) is 13.2 Å². The molecule has 1 atom stereocenters. The van der Waals surface area contributed by atoms with Crippen LogP contribution in [0.2, 0.25) is 0 Å². The van der Waals surface area contributed by atoms with E-state index < -0.39 is 31.0 Å². The molecule has 1 aromatic carbocycles. The van der Waals surface area contributed by atoms with E-state index in [4.69, 9.17) is 9.11 Å². The molecule has 0 aliphatic carbocycles. The average molecular weight is 312 g/mol. The highest BCUT2D eigenvalue weighted by molar-refractivity contribution is 8.04. The molecular weight excluding hydrogens is 299 g/mol. The first-order chi connectivity index (χ1) is 8.64. The molecule has 0 radical (unpaired) electrons. The van der Waals surface area contributed by atoms with Gasteiger partial charge in [0, 0.05) is 0 Å². The molecule has 2 N–H and O–H groups in total. The molecule has 0 heterocycles. The Bertz CT molecular complexity index is 564. The fourth-order valence-corrected chi connectivity index (χ4v) is 3.40. The van der Waals surface area contributed by atoms with E-state index in [-0.39, 0.29) is 5.56 Å². The Kier molecular flexibility index (Phi) is 6.30. The molecule has 0 aliphatic rings. The van der Waals surface area contributed by atoms with Gasteiger partial charge in [-0.05, 0) is 5.56 Å². The zero-order chi connectivity index (χ0) is 15.3. The van der Waals surface area contributed by atoms with E-state index in [0.717, 1.165) is 12.1 Å². The second kappa shape index (κ2) is 6.75. The van der Waals surface area contributed by atoms with Gasteiger partial charge in [-0.1, -0.05) is 30.3 Å². The SMILES string of the molecule is C=C.O=S(=O)(O)C(C(F)c1ccccc1)S(=O)(=O)O. The molecule has 6 nitrogen and oxygen atoms in total. The summed E-state index contributed by atoms with van der Waals surface area (Å²) in [4.78, 5) is 0. The van der Waals surface area contributed by atoms with Crippen LogP contribution in [-0.2, 0) is 20.2 Å². The number of rotatable bonds is 4. The summed E-state index contributed by atoms with van der Waals surface area (Å²) in [5.41, 5.74) is -0.284. The average Bonchev–Trinajstić information content (AvgIpc) is 2.29. The van der Waals surface area contributed by atoms with Crippen molar-refractivity contribution in [1.82, 2.24) is 0 Å². The van der Waals surface area contributed by atoms with Crippen LogP contribution in [0.25, 0.3) is 0 Å². The maximum Gasteiger partial charge on any atom is 0.288 e. The monoisotopic (exact) mass is 312 g/mol. The smallest absolute Gasteiger partial charge is 0.284 e. The van der Waals surface area contributed by atoms with Crippen molar-refractivity contribution < 1.29 is 30.3 Å². The topological polar surface area (TPSA) is 109 Å². The number of hydrogen-bond donors (Lipinski definition) is 2. The Balaban J connectivity index is 0.00000154. The molecule has 0 spiro atoms. The van der Waals surface area contributed by atoms with Crippen LogP contribution in [0.1, 0.15) is 11.7 Å². The van der Waals surface area contributed by atoms with Gasteiger partial charge < -0.3 is 0 Å². The van der Waals surface area contributed by atoms with Crippen LogP contribution in [0.15, 0.2) is 43.5 Å². The molecule has 0 aromatic heterocycles. The third-order valence-electron chi connectivity index (χ3n) is 1.94. The molecule has 19 heavy (non-hydrogen) atoms. The predicted molar refractivity (Wildman–Crippen MR) is 68.4 cm³/mol. The van der Waals surface area contributed by atoms with Crippen molar-refractivity contribution in [3.8, 4) is 0 Å². The van der Waals surface area contributed by atoms with Crippen molar-refractivity contribution in [2.24, 2.45) is 0 Å². The summed E-state index contributed by atoms with van der Waals surface area (Å²) in [5.74, 6) is 0. The quantitative estimate of drug-likeness (QED) is 0.645. The van der Waals surface area contributed by atoms with E-state index in [0.29, 0.717) is 0 Å².